The van der Waals surface area contributed by atoms with Crippen molar-refractivity contribution in [2.45, 2.75) is 225 Å². The van der Waals surface area contributed by atoms with Crippen molar-refractivity contribution in [3.05, 3.63) is 156 Å². The molecular formula is C70H97N2O20PSi. The van der Waals surface area contributed by atoms with Gasteiger partial charge in [-0.3, -0.25) is 32.7 Å². The third-order valence-corrected chi connectivity index (χ3v) is 22.9. The summed E-state index contributed by atoms with van der Waals surface area (Å²) in [6.07, 6.45) is -12.0. The summed E-state index contributed by atoms with van der Waals surface area (Å²) < 4.78 is 105. The van der Waals surface area contributed by atoms with E-state index in [9.17, 15) is 24.0 Å². The molecule has 22 nitrogen and oxygen atoms in total. The van der Waals surface area contributed by atoms with E-state index in [1.54, 1.807) is 38.1 Å². The van der Waals surface area contributed by atoms with Crippen molar-refractivity contribution in [1.82, 2.24) is 10.6 Å². The van der Waals surface area contributed by atoms with Crippen molar-refractivity contribution >= 4 is 46.0 Å². The first-order valence-corrected chi connectivity index (χ1v) is 37.0. The highest BCUT2D eigenvalue weighted by atomic mass is 31.2. The number of carbonyl (C=O) groups is 5. The van der Waals surface area contributed by atoms with E-state index in [1.807, 2.05) is 125 Å². The van der Waals surface area contributed by atoms with Gasteiger partial charge in [0.05, 0.1) is 65.2 Å². The van der Waals surface area contributed by atoms with Gasteiger partial charge in [0.25, 0.3) is 0 Å². The molecule has 2 saturated heterocycles. The van der Waals surface area contributed by atoms with Gasteiger partial charge >= 0.3 is 25.9 Å². The molecule has 0 bridgehead atoms. The highest BCUT2D eigenvalue weighted by Gasteiger charge is 2.57. The van der Waals surface area contributed by atoms with Gasteiger partial charge in [0.1, 0.15) is 49.2 Å². The summed E-state index contributed by atoms with van der Waals surface area (Å²) in [6.45, 7) is 21.9. The van der Waals surface area contributed by atoms with E-state index in [4.69, 9.17) is 65.4 Å². The van der Waals surface area contributed by atoms with Crippen LogP contribution in [0.3, 0.4) is 0 Å². The standard InChI is InChI=1S/C70H97N2O20PSi/c1-12-36-80-69(77)90-66-61(72-58(74)38-54(15-4)86-59(75)16-5)67(87-55(45-79-40-48-28-20-17-21-29-48)64(66)91-93(78)84-43-51-34-26-27-35-52(51)44-85-93)83-46-56-63(82-42-50-32-24-19-25-33-50)65(89-60(76)39-53(14-3)81-41-49-30-22-18-23-31-49)62(71-57(73)37-47(6)13-2)68(88-56)92-94(10,11)70(7,8)9/h12,17-35,47,53-56,61-68H,1,13-16,36-46H2,2-11H3,(H,71,73)(H,72,74)/t47-,53+,54-,55?,56?,61?,62?,63+,64+,65-,66-,67-,68+/m1/s1. The number of carbonyl (C=O) groups excluding carboxylic acids is 5. The number of ether oxygens (including phenoxy) is 10. The number of amides is 2. The fraction of sp³-hybridized carbons (Fsp3) is 0.557. The predicted octanol–water partition coefficient (Wildman–Crippen LogP) is 12.0. The molecule has 7 rings (SSSR count). The number of phosphoric acid groups is 1. The molecule has 2 fully saturated rings. The number of fused-ring (bicyclic) bond motifs is 1. The Kier molecular flexibility index (Phi) is 29.4. The number of hydrogen-bond donors (Lipinski definition) is 2. The minimum absolute atomic E-state index is 0.0219. The van der Waals surface area contributed by atoms with Gasteiger partial charge in [-0.25, -0.2) is 9.36 Å². The SMILES string of the molecule is C=CCOC(=O)O[C@@H]1C(NC(=O)C[C@@H](CC)OC(=O)CC)[C@H](OCC2O[C@@H](O[Si](C)(C)C(C)(C)C)C(NC(=O)C[C@H](C)CC)[C@@H](OC(=O)C[C@H](CC)OCc3ccccc3)[C@H]2OCc2ccccc2)OC(COCc2ccccc2)[C@@H]1OP1(=O)OCc2ccccc2CO1. The van der Waals surface area contributed by atoms with Gasteiger partial charge in [0.2, 0.25) is 11.8 Å². The average molecular weight is 1350 g/mol. The fourth-order valence-electron chi connectivity index (χ4n) is 10.4. The molecule has 0 saturated carbocycles. The van der Waals surface area contributed by atoms with E-state index in [1.165, 1.54) is 6.08 Å². The molecule has 0 spiro atoms. The molecule has 516 valence electrons. The van der Waals surface area contributed by atoms with E-state index < -0.39 is 125 Å². The summed E-state index contributed by atoms with van der Waals surface area (Å²) in [4.78, 5) is 70.8. The molecule has 3 heterocycles. The second-order valence-corrected chi connectivity index (χ2v) is 31.7. The number of hydrogen-bond acceptors (Lipinski definition) is 20. The second kappa shape index (κ2) is 36.8. The third kappa shape index (κ3) is 22.7. The molecule has 2 N–H and O–H groups in total. The van der Waals surface area contributed by atoms with Crippen molar-refractivity contribution in [1.29, 1.82) is 0 Å². The topological polar surface area (TPSA) is 256 Å². The smallest absolute Gasteiger partial charge is 0.462 e. The molecule has 13 atom stereocenters. The first kappa shape index (κ1) is 75.2. The number of nitrogens with one attached hydrogen (secondary N) is 2. The maximum Gasteiger partial charge on any atom is 0.509 e. The minimum Gasteiger partial charge on any atom is -0.462 e. The Balaban J connectivity index is 1.35. The molecule has 3 aliphatic rings. The number of rotatable bonds is 34. The van der Waals surface area contributed by atoms with Crippen LogP contribution >= 0.6 is 7.82 Å². The molecule has 2 amide bonds. The molecule has 0 aliphatic carbocycles. The van der Waals surface area contributed by atoms with Gasteiger partial charge in [-0.2, -0.15) is 0 Å². The third-order valence-electron chi connectivity index (χ3n) is 17.1. The predicted molar refractivity (Wildman–Crippen MR) is 350 cm³/mol. The molecule has 0 aromatic heterocycles. The Bertz CT molecular complexity index is 3040. The second-order valence-electron chi connectivity index (χ2n) is 25.3. The summed E-state index contributed by atoms with van der Waals surface area (Å²) in [5.41, 5.74) is 3.81. The molecular weight excluding hydrogens is 1250 g/mol. The van der Waals surface area contributed by atoms with Crippen molar-refractivity contribution in [3.63, 3.8) is 0 Å². The van der Waals surface area contributed by atoms with Gasteiger partial charge < -0.3 is 62.4 Å². The van der Waals surface area contributed by atoms with Crippen LogP contribution < -0.4 is 10.6 Å². The summed E-state index contributed by atoms with van der Waals surface area (Å²) >= 11 is 0. The van der Waals surface area contributed by atoms with Crippen LogP contribution in [0.15, 0.2) is 128 Å². The van der Waals surface area contributed by atoms with Crippen molar-refractivity contribution in [3.8, 4) is 0 Å². The number of phosphoric ester groups is 1. The van der Waals surface area contributed by atoms with Crippen LogP contribution in [0.2, 0.25) is 18.1 Å². The van der Waals surface area contributed by atoms with Gasteiger partial charge in [0.15, 0.2) is 33.1 Å². The van der Waals surface area contributed by atoms with Crippen molar-refractivity contribution < 1.29 is 93.9 Å². The molecule has 3 aliphatic heterocycles. The monoisotopic (exact) mass is 1340 g/mol. The molecule has 4 unspecified atom stereocenters. The van der Waals surface area contributed by atoms with Crippen LogP contribution in [0.4, 0.5) is 4.79 Å². The number of esters is 2. The Morgan fingerprint density at radius 2 is 1.16 bits per heavy atom. The van der Waals surface area contributed by atoms with Gasteiger partial charge in [-0.15, -0.1) is 0 Å². The van der Waals surface area contributed by atoms with Crippen LogP contribution in [0, 0.1) is 5.92 Å². The van der Waals surface area contributed by atoms with Crippen LogP contribution in [0.1, 0.15) is 128 Å². The normalized spacial score (nSPS) is 23.8. The zero-order valence-corrected chi connectivity index (χ0v) is 57.9. The lowest BCUT2D eigenvalue weighted by Crippen LogP contribution is -2.69. The maximum atomic E-state index is 15.1. The van der Waals surface area contributed by atoms with Crippen molar-refractivity contribution in [2.24, 2.45) is 5.92 Å². The Hall–Kier alpha value is -6.18. The molecule has 94 heavy (non-hydrogen) atoms. The van der Waals surface area contributed by atoms with E-state index in [0.29, 0.717) is 24.0 Å². The van der Waals surface area contributed by atoms with Crippen LogP contribution in [0.25, 0.3) is 0 Å². The summed E-state index contributed by atoms with van der Waals surface area (Å²) in [5, 5.41) is 5.70. The van der Waals surface area contributed by atoms with Crippen molar-refractivity contribution in [2.75, 3.05) is 19.8 Å². The van der Waals surface area contributed by atoms with E-state index >= 15 is 4.57 Å². The average Bonchev–Trinajstić information content (AvgIpc) is 0.870. The Morgan fingerprint density at radius 1 is 0.628 bits per heavy atom. The first-order valence-electron chi connectivity index (χ1n) is 32.6. The molecule has 4 aromatic carbocycles. The van der Waals surface area contributed by atoms with Gasteiger partial charge in [0, 0.05) is 12.8 Å². The Labute approximate surface area is 554 Å². The van der Waals surface area contributed by atoms with Crippen LogP contribution in [-0.2, 0) is 122 Å². The first-order chi connectivity index (χ1) is 45.0. The molecule has 4 aromatic rings. The highest BCUT2D eigenvalue weighted by molar-refractivity contribution is 7.48. The zero-order chi connectivity index (χ0) is 67.8. The van der Waals surface area contributed by atoms with Crippen LogP contribution in [-0.4, -0.2) is 132 Å². The lowest BCUT2D eigenvalue weighted by Gasteiger charge is -2.50. The fourth-order valence-corrected chi connectivity index (χ4v) is 12.9. The largest absolute Gasteiger partial charge is 0.509 e. The summed E-state index contributed by atoms with van der Waals surface area (Å²) in [7, 11) is -7.58. The van der Waals surface area contributed by atoms with Crippen LogP contribution in [0.5, 0.6) is 0 Å². The van der Waals surface area contributed by atoms with Gasteiger partial charge in [-0.05, 0) is 64.7 Å². The zero-order valence-electron chi connectivity index (χ0n) is 56.0. The number of benzene rings is 4. The molecule has 24 heteroatoms. The summed E-state index contributed by atoms with van der Waals surface area (Å²) in [5.74, 6) is -2.27. The quantitative estimate of drug-likeness (QED) is 0.0145. The van der Waals surface area contributed by atoms with Gasteiger partial charge in [-0.1, -0.05) is 190 Å². The van der Waals surface area contributed by atoms with E-state index in [2.05, 4.69) is 38.0 Å². The Morgan fingerprint density at radius 3 is 1.72 bits per heavy atom. The lowest BCUT2D eigenvalue weighted by atomic mass is 9.94. The lowest BCUT2D eigenvalue weighted by molar-refractivity contribution is -0.302. The van der Waals surface area contributed by atoms with E-state index in [0.717, 1.165) is 16.7 Å². The minimum atomic E-state index is -4.68. The maximum absolute atomic E-state index is 15.1. The highest BCUT2D eigenvalue weighted by Crippen LogP contribution is 2.55. The van der Waals surface area contributed by atoms with E-state index in [-0.39, 0.29) is 90.2 Å². The summed E-state index contributed by atoms with van der Waals surface area (Å²) in [6, 6.07) is 32.6. The molecule has 0 radical (unpaired) electrons.